The van der Waals surface area contributed by atoms with Gasteiger partial charge in [-0.25, -0.2) is 8.78 Å². The molecular formula is C12H21F2NS. The van der Waals surface area contributed by atoms with Gasteiger partial charge in [-0.15, -0.1) is 0 Å². The predicted octanol–water partition coefficient (Wildman–Crippen LogP) is 3.28. The quantitative estimate of drug-likeness (QED) is 0.812. The van der Waals surface area contributed by atoms with Gasteiger partial charge in [-0.2, -0.15) is 11.8 Å². The molecule has 16 heavy (non-hydrogen) atoms. The highest BCUT2D eigenvalue weighted by molar-refractivity contribution is 7.99. The second-order valence-corrected chi connectivity index (χ2v) is 6.49. The van der Waals surface area contributed by atoms with Crippen molar-refractivity contribution in [3.05, 3.63) is 0 Å². The first-order valence-electron chi connectivity index (χ1n) is 6.24. The summed E-state index contributed by atoms with van der Waals surface area (Å²) in [6.45, 7) is 0.592. The molecular weight excluding hydrogens is 228 g/mol. The Labute approximate surface area is 101 Å². The Morgan fingerprint density at radius 1 is 1.19 bits per heavy atom. The van der Waals surface area contributed by atoms with Gasteiger partial charge in [0.15, 0.2) is 0 Å². The van der Waals surface area contributed by atoms with E-state index < -0.39 is 5.92 Å². The molecule has 4 heteroatoms. The summed E-state index contributed by atoms with van der Waals surface area (Å²) in [7, 11) is 0. The van der Waals surface area contributed by atoms with Crippen molar-refractivity contribution in [3.8, 4) is 0 Å². The average molecular weight is 249 g/mol. The number of nitrogens with two attached hydrogens (primary N) is 1. The molecule has 1 saturated carbocycles. The third-order valence-electron chi connectivity index (χ3n) is 4.41. The van der Waals surface area contributed by atoms with Gasteiger partial charge in [0.1, 0.15) is 0 Å². The monoisotopic (exact) mass is 249 g/mol. The van der Waals surface area contributed by atoms with Crippen molar-refractivity contribution in [1.82, 2.24) is 0 Å². The largest absolute Gasteiger partial charge is 0.330 e. The molecule has 1 aliphatic carbocycles. The number of alkyl halides is 2. The van der Waals surface area contributed by atoms with Crippen LogP contribution in [0, 0.1) is 11.3 Å². The Bertz CT molecular complexity index is 229. The Hall–Kier alpha value is 0.170. The van der Waals surface area contributed by atoms with Crippen molar-refractivity contribution in [2.75, 3.05) is 18.1 Å². The first kappa shape index (κ1) is 12.6. The minimum atomic E-state index is -2.43. The smallest absolute Gasteiger partial charge is 0.248 e. The molecule has 1 nitrogen and oxygen atoms in total. The predicted molar refractivity (Wildman–Crippen MR) is 65.0 cm³/mol. The maximum absolute atomic E-state index is 13.2. The zero-order chi connectivity index (χ0) is 11.6. The van der Waals surface area contributed by atoms with Crippen molar-refractivity contribution < 1.29 is 8.78 Å². The zero-order valence-corrected chi connectivity index (χ0v) is 10.5. The highest BCUT2D eigenvalue weighted by atomic mass is 32.2. The normalized spacial score (nSPS) is 33.6. The molecule has 2 aliphatic rings. The Balaban J connectivity index is 2.02. The van der Waals surface area contributed by atoms with E-state index in [1.807, 2.05) is 11.8 Å². The number of rotatable bonds is 2. The molecule has 94 valence electrons. The van der Waals surface area contributed by atoms with Crippen molar-refractivity contribution >= 4 is 11.8 Å². The fourth-order valence-corrected chi connectivity index (χ4v) is 4.46. The second-order valence-electron chi connectivity index (χ2n) is 5.34. The van der Waals surface area contributed by atoms with Crippen LogP contribution in [0.15, 0.2) is 0 Å². The number of thioether (sulfide) groups is 1. The Morgan fingerprint density at radius 2 is 1.88 bits per heavy atom. The average Bonchev–Trinajstić information content (AvgIpc) is 2.31. The summed E-state index contributed by atoms with van der Waals surface area (Å²) in [5, 5.41) is 0. The van der Waals surface area contributed by atoms with Crippen LogP contribution in [0.2, 0.25) is 0 Å². The Morgan fingerprint density at radius 3 is 2.38 bits per heavy atom. The summed E-state index contributed by atoms with van der Waals surface area (Å²) in [5.41, 5.74) is 5.93. The number of halogens is 2. The lowest BCUT2D eigenvalue weighted by Gasteiger charge is -2.46. The van der Waals surface area contributed by atoms with Gasteiger partial charge in [-0.3, -0.25) is 0 Å². The standard InChI is InChI=1S/C12H21F2NS/c13-12(14)5-3-11(9-15,4-6-12)10-2-1-7-16-8-10/h10H,1-9,15H2. The van der Waals surface area contributed by atoms with Gasteiger partial charge in [-0.05, 0) is 55.1 Å². The van der Waals surface area contributed by atoms with Crippen LogP contribution in [0.25, 0.3) is 0 Å². The third-order valence-corrected chi connectivity index (χ3v) is 5.63. The fourth-order valence-electron chi connectivity index (χ4n) is 3.12. The molecule has 0 spiro atoms. The number of hydrogen-bond donors (Lipinski definition) is 1. The lowest BCUT2D eigenvalue weighted by Crippen LogP contribution is -2.45. The van der Waals surface area contributed by atoms with Crippen LogP contribution in [-0.2, 0) is 0 Å². The van der Waals surface area contributed by atoms with Crippen LogP contribution >= 0.6 is 11.8 Å². The minimum Gasteiger partial charge on any atom is -0.330 e. The fraction of sp³-hybridized carbons (Fsp3) is 1.00. The van der Waals surface area contributed by atoms with Crippen LogP contribution in [-0.4, -0.2) is 24.0 Å². The van der Waals surface area contributed by atoms with Crippen LogP contribution < -0.4 is 5.73 Å². The summed E-state index contributed by atoms with van der Waals surface area (Å²) in [6.07, 6.45) is 3.77. The molecule has 0 radical (unpaired) electrons. The third kappa shape index (κ3) is 2.53. The van der Waals surface area contributed by atoms with Gasteiger partial charge in [0.2, 0.25) is 5.92 Å². The highest BCUT2D eigenvalue weighted by Gasteiger charge is 2.46. The summed E-state index contributed by atoms with van der Waals surface area (Å²) >= 11 is 1.97. The van der Waals surface area contributed by atoms with Crippen molar-refractivity contribution in [3.63, 3.8) is 0 Å². The van der Waals surface area contributed by atoms with Crippen LogP contribution in [0.5, 0.6) is 0 Å². The molecule has 0 aromatic carbocycles. The molecule has 0 aromatic rings. The van der Waals surface area contributed by atoms with Gasteiger partial charge in [0.05, 0.1) is 0 Å². The maximum Gasteiger partial charge on any atom is 0.248 e. The van der Waals surface area contributed by atoms with Gasteiger partial charge >= 0.3 is 0 Å². The van der Waals surface area contributed by atoms with Crippen LogP contribution in [0.1, 0.15) is 38.5 Å². The van der Waals surface area contributed by atoms with Gasteiger partial charge in [0.25, 0.3) is 0 Å². The lowest BCUT2D eigenvalue weighted by molar-refractivity contribution is -0.0774. The summed E-state index contributed by atoms with van der Waals surface area (Å²) < 4.78 is 26.4. The topological polar surface area (TPSA) is 26.0 Å². The van der Waals surface area contributed by atoms with Gasteiger partial charge in [0, 0.05) is 12.8 Å². The van der Waals surface area contributed by atoms with E-state index in [1.54, 1.807) is 0 Å². The first-order valence-corrected chi connectivity index (χ1v) is 7.39. The molecule has 1 aliphatic heterocycles. The van der Waals surface area contributed by atoms with E-state index in [4.69, 9.17) is 5.73 Å². The van der Waals surface area contributed by atoms with Gasteiger partial charge in [-0.1, -0.05) is 0 Å². The lowest BCUT2D eigenvalue weighted by atomic mass is 9.64. The van der Waals surface area contributed by atoms with Crippen LogP contribution in [0.3, 0.4) is 0 Å². The molecule has 1 atom stereocenters. The summed E-state index contributed by atoms with van der Waals surface area (Å²) in [6, 6.07) is 0. The van der Waals surface area contributed by atoms with E-state index >= 15 is 0 Å². The van der Waals surface area contributed by atoms with E-state index in [9.17, 15) is 8.78 Å². The summed E-state index contributed by atoms with van der Waals surface area (Å²) in [5.74, 6) is 0.503. The van der Waals surface area contributed by atoms with E-state index in [2.05, 4.69) is 0 Å². The molecule has 0 aromatic heterocycles. The molecule has 0 amide bonds. The Kier molecular flexibility index (Phi) is 3.79. The zero-order valence-electron chi connectivity index (χ0n) is 9.68. The first-order chi connectivity index (χ1) is 7.58. The van der Waals surface area contributed by atoms with Crippen LogP contribution in [0.4, 0.5) is 8.78 Å². The molecule has 1 saturated heterocycles. The summed E-state index contributed by atoms with van der Waals surface area (Å²) in [4.78, 5) is 0. The van der Waals surface area contributed by atoms with E-state index in [-0.39, 0.29) is 18.3 Å². The van der Waals surface area contributed by atoms with E-state index in [1.165, 1.54) is 18.6 Å². The molecule has 2 N–H and O–H groups in total. The molecule has 1 unspecified atom stereocenters. The molecule has 2 rings (SSSR count). The molecule has 0 bridgehead atoms. The van der Waals surface area contributed by atoms with Crippen molar-refractivity contribution in [2.24, 2.45) is 17.1 Å². The maximum atomic E-state index is 13.2. The van der Waals surface area contributed by atoms with E-state index in [0.717, 1.165) is 5.75 Å². The van der Waals surface area contributed by atoms with Gasteiger partial charge < -0.3 is 5.73 Å². The molecule has 1 heterocycles. The minimum absolute atomic E-state index is 0.0229. The van der Waals surface area contributed by atoms with Crippen molar-refractivity contribution in [2.45, 2.75) is 44.4 Å². The van der Waals surface area contributed by atoms with E-state index in [0.29, 0.717) is 25.3 Å². The number of hydrogen-bond acceptors (Lipinski definition) is 2. The molecule has 2 fully saturated rings. The highest BCUT2D eigenvalue weighted by Crippen LogP contribution is 2.50. The van der Waals surface area contributed by atoms with Crippen molar-refractivity contribution in [1.29, 1.82) is 0 Å². The SMILES string of the molecule is NCC1(C2CCCSC2)CCC(F)(F)CC1. The second kappa shape index (κ2) is 4.81.